The van der Waals surface area contributed by atoms with E-state index >= 15 is 0 Å². The lowest BCUT2D eigenvalue weighted by Crippen LogP contribution is -2.44. The topological polar surface area (TPSA) is 37.6 Å². The van der Waals surface area contributed by atoms with Gasteiger partial charge in [-0.3, -0.25) is 4.79 Å². The molecule has 2 aromatic rings. The molecule has 0 spiro atoms. The quantitative estimate of drug-likeness (QED) is 0.782. The second-order valence-corrected chi connectivity index (χ2v) is 7.70. The molecule has 2 aliphatic rings. The average Bonchev–Trinajstić information content (AvgIpc) is 3.06. The highest BCUT2D eigenvalue weighted by Crippen LogP contribution is 2.40. The van der Waals surface area contributed by atoms with Crippen LogP contribution in [0.15, 0.2) is 47.7 Å². The van der Waals surface area contributed by atoms with E-state index in [0.29, 0.717) is 10.7 Å². The second kappa shape index (κ2) is 5.21. The zero-order chi connectivity index (χ0) is 17.1. The highest BCUT2D eigenvalue weighted by atomic mass is 35.5. The number of allylic oxidation sites excluding steroid dienone is 2. The molecule has 124 valence electrons. The summed E-state index contributed by atoms with van der Waals surface area (Å²) < 4.78 is 1.66. The van der Waals surface area contributed by atoms with Crippen LogP contribution in [0.1, 0.15) is 37.7 Å². The molecule has 3 heterocycles. The fourth-order valence-corrected chi connectivity index (χ4v) is 3.92. The fraction of sp³-hybridized carbons (Fsp3) is 0.368. The van der Waals surface area contributed by atoms with Gasteiger partial charge in [-0.1, -0.05) is 37.6 Å². The molecule has 0 saturated carbocycles. The summed E-state index contributed by atoms with van der Waals surface area (Å²) in [4.78, 5) is 14.9. The molecule has 1 atom stereocenters. The Morgan fingerprint density at radius 2 is 2.12 bits per heavy atom. The lowest BCUT2D eigenvalue weighted by atomic mass is 9.93. The number of likely N-dealkylation sites (tertiary alicyclic amines) is 1. The van der Waals surface area contributed by atoms with Gasteiger partial charge in [0.25, 0.3) is 5.91 Å². The van der Waals surface area contributed by atoms with Gasteiger partial charge < -0.3 is 4.90 Å². The van der Waals surface area contributed by atoms with Crippen molar-refractivity contribution in [1.29, 1.82) is 0 Å². The van der Waals surface area contributed by atoms with E-state index < -0.39 is 0 Å². The van der Waals surface area contributed by atoms with Gasteiger partial charge in [0.1, 0.15) is 0 Å². The van der Waals surface area contributed by atoms with Crippen LogP contribution in [-0.4, -0.2) is 33.0 Å². The van der Waals surface area contributed by atoms with E-state index in [1.165, 1.54) is 11.1 Å². The molecule has 1 unspecified atom stereocenters. The van der Waals surface area contributed by atoms with Gasteiger partial charge in [0.2, 0.25) is 0 Å². The van der Waals surface area contributed by atoms with Crippen LogP contribution >= 0.6 is 11.6 Å². The Labute approximate surface area is 146 Å². The molecular formula is C19H20ClN3O. The molecular weight excluding hydrogens is 322 g/mol. The van der Waals surface area contributed by atoms with Gasteiger partial charge in [0.05, 0.1) is 16.6 Å². The summed E-state index contributed by atoms with van der Waals surface area (Å²) >= 11 is 6.00. The molecule has 1 amide bonds. The molecule has 5 heteroatoms. The second-order valence-electron chi connectivity index (χ2n) is 7.26. The minimum absolute atomic E-state index is 0.0213. The number of carbonyl (C=O) groups excluding carboxylic acids is 1. The lowest BCUT2D eigenvalue weighted by molar-refractivity contribution is 0.0699. The van der Waals surface area contributed by atoms with E-state index in [9.17, 15) is 4.79 Å². The molecule has 0 aromatic carbocycles. The van der Waals surface area contributed by atoms with Crippen molar-refractivity contribution in [3.8, 4) is 0 Å². The first kappa shape index (κ1) is 15.5. The van der Waals surface area contributed by atoms with Crippen molar-refractivity contribution >= 4 is 23.0 Å². The Bertz CT molecular complexity index is 906. The van der Waals surface area contributed by atoms with Crippen LogP contribution in [0.4, 0.5) is 0 Å². The maximum absolute atomic E-state index is 13.0. The average molecular weight is 342 g/mol. The number of nitrogens with zero attached hydrogens (tertiary/aromatic N) is 3. The standard InChI is InChI=1S/C19H20ClN3O/c1-12-16-10-19(2,3)9-13(16)6-7-22(12)18(24)17-8-15-5-4-14(20)11-23(15)21-17/h4-5,8-12H,6-7H2,1-3H3. The van der Waals surface area contributed by atoms with Crippen molar-refractivity contribution in [2.45, 2.75) is 33.2 Å². The first-order chi connectivity index (χ1) is 11.3. The van der Waals surface area contributed by atoms with Gasteiger partial charge in [-0.2, -0.15) is 5.10 Å². The molecule has 1 saturated heterocycles. The summed E-state index contributed by atoms with van der Waals surface area (Å²) in [6.45, 7) is 7.24. The smallest absolute Gasteiger partial charge is 0.274 e. The zero-order valence-corrected chi connectivity index (χ0v) is 14.8. The van der Waals surface area contributed by atoms with Crippen LogP contribution in [-0.2, 0) is 0 Å². The van der Waals surface area contributed by atoms with Crippen molar-refractivity contribution < 1.29 is 4.79 Å². The fourth-order valence-electron chi connectivity index (χ4n) is 3.77. The van der Waals surface area contributed by atoms with Gasteiger partial charge in [0.15, 0.2) is 5.69 Å². The van der Waals surface area contributed by atoms with Crippen LogP contribution in [0.3, 0.4) is 0 Å². The predicted molar refractivity (Wildman–Crippen MR) is 95.3 cm³/mol. The van der Waals surface area contributed by atoms with E-state index in [-0.39, 0.29) is 17.4 Å². The van der Waals surface area contributed by atoms with Gasteiger partial charge >= 0.3 is 0 Å². The van der Waals surface area contributed by atoms with Gasteiger partial charge in [-0.05, 0) is 42.7 Å². The predicted octanol–water partition coefficient (Wildman–Crippen LogP) is 4.11. The van der Waals surface area contributed by atoms with Gasteiger partial charge in [-0.15, -0.1) is 0 Å². The molecule has 2 aromatic heterocycles. The Morgan fingerprint density at radius 3 is 2.92 bits per heavy atom. The van der Waals surface area contributed by atoms with E-state index in [4.69, 9.17) is 11.6 Å². The van der Waals surface area contributed by atoms with Crippen molar-refractivity contribution in [2.24, 2.45) is 5.41 Å². The summed E-state index contributed by atoms with van der Waals surface area (Å²) in [6, 6.07) is 5.57. The van der Waals surface area contributed by atoms with Crippen LogP contribution in [0, 0.1) is 5.41 Å². The minimum Gasteiger partial charge on any atom is -0.330 e. The van der Waals surface area contributed by atoms with Gasteiger partial charge in [0, 0.05) is 18.2 Å². The molecule has 4 rings (SSSR count). The van der Waals surface area contributed by atoms with Gasteiger partial charge in [-0.25, -0.2) is 4.52 Å². The summed E-state index contributed by atoms with van der Waals surface area (Å²) in [5.74, 6) is -0.0213. The summed E-state index contributed by atoms with van der Waals surface area (Å²) in [7, 11) is 0. The van der Waals surface area contributed by atoms with E-state index in [0.717, 1.165) is 18.5 Å². The third-order valence-electron chi connectivity index (χ3n) is 4.89. The lowest BCUT2D eigenvalue weighted by Gasteiger charge is -2.35. The van der Waals surface area contributed by atoms with E-state index in [1.807, 2.05) is 17.0 Å². The molecule has 4 nitrogen and oxygen atoms in total. The zero-order valence-electron chi connectivity index (χ0n) is 14.1. The number of halogens is 1. The monoisotopic (exact) mass is 341 g/mol. The summed E-state index contributed by atoms with van der Waals surface area (Å²) in [5, 5.41) is 5.01. The Kier molecular flexibility index (Phi) is 3.36. The number of hydrogen-bond acceptors (Lipinski definition) is 2. The Hall–Kier alpha value is -2.07. The summed E-state index contributed by atoms with van der Waals surface area (Å²) in [6.07, 6.45) is 7.24. The van der Waals surface area contributed by atoms with Crippen molar-refractivity contribution in [1.82, 2.24) is 14.5 Å². The third-order valence-corrected chi connectivity index (χ3v) is 5.11. The molecule has 0 radical (unpaired) electrons. The van der Waals surface area contributed by atoms with Crippen LogP contribution < -0.4 is 0 Å². The number of fused-ring (bicyclic) bond motifs is 2. The summed E-state index contributed by atoms with van der Waals surface area (Å²) in [5.41, 5.74) is 4.09. The van der Waals surface area contributed by atoms with E-state index in [1.54, 1.807) is 16.8 Å². The maximum Gasteiger partial charge on any atom is 0.274 e. The number of carbonyl (C=O) groups is 1. The number of pyridine rings is 1. The highest BCUT2D eigenvalue weighted by Gasteiger charge is 2.35. The number of piperidine rings is 1. The van der Waals surface area contributed by atoms with Crippen molar-refractivity contribution in [3.05, 3.63) is 58.4 Å². The number of aromatic nitrogens is 2. The number of rotatable bonds is 1. The third kappa shape index (κ3) is 2.46. The maximum atomic E-state index is 13.0. The molecule has 0 N–H and O–H groups in total. The molecule has 1 aliphatic carbocycles. The van der Waals surface area contributed by atoms with Crippen LogP contribution in [0.5, 0.6) is 0 Å². The highest BCUT2D eigenvalue weighted by molar-refractivity contribution is 6.30. The normalized spacial score (nSPS) is 22.3. The molecule has 0 bridgehead atoms. The first-order valence-electron chi connectivity index (χ1n) is 8.25. The van der Waals surface area contributed by atoms with Crippen molar-refractivity contribution in [2.75, 3.05) is 6.54 Å². The molecule has 24 heavy (non-hydrogen) atoms. The number of amides is 1. The number of hydrogen-bond donors (Lipinski definition) is 0. The largest absolute Gasteiger partial charge is 0.330 e. The van der Waals surface area contributed by atoms with Crippen LogP contribution in [0.2, 0.25) is 5.02 Å². The SMILES string of the molecule is CC1C2=CC(C)(C)C=C2CCN1C(=O)c1cc2ccc(Cl)cn2n1. The van der Waals surface area contributed by atoms with Crippen LogP contribution in [0.25, 0.3) is 5.52 Å². The first-order valence-corrected chi connectivity index (χ1v) is 8.63. The molecule has 1 aliphatic heterocycles. The Morgan fingerprint density at radius 1 is 1.33 bits per heavy atom. The van der Waals surface area contributed by atoms with E-state index in [2.05, 4.69) is 38.0 Å². The van der Waals surface area contributed by atoms with Crippen molar-refractivity contribution in [3.63, 3.8) is 0 Å². The molecule has 1 fully saturated rings. The minimum atomic E-state index is -0.0213. The Balaban J connectivity index is 1.66.